The second kappa shape index (κ2) is 9.97. The lowest BCUT2D eigenvalue weighted by atomic mass is 9.89. The van der Waals surface area contributed by atoms with Crippen LogP contribution < -0.4 is 5.32 Å². The monoisotopic (exact) mass is 489 g/mol. The average Bonchev–Trinajstić information content (AvgIpc) is 2.83. The summed E-state index contributed by atoms with van der Waals surface area (Å²) in [4.78, 5) is 28.0. The fourth-order valence-corrected chi connectivity index (χ4v) is 4.45. The highest BCUT2D eigenvalue weighted by Gasteiger charge is 2.35. The summed E-state index contributed by atoms with van der Waals surface area (Å²) in [6.07, 6.45) is 1.32. The Kier molecular flexibility index (Phi) is 7.02. The number of pyridine rings is 1. The van der Waals surface area contributed by atoms with E-state index in [1.165, 1.54) is 6.07 Å². The minimum atomic E-state index is -4.44. The van der Waals surface area contributed by atoms with E-state index in [2.05, 4.69) is 27.2 Å². The van der Waals surface area contributed by atoms with Crippen LogP contribution in [0.25, 0.3) is 11.4 Å². The Morgan fingerprint density at radius 3 is 2.59 bits per heavy atom. The number of carbonyl (C=O) groups excluding carboxylic acids is 1. The summed E-state index contributed by atoms with van der Waals surface area (Å²) in [7, 11) is 0. The second-order valence-electron chi connectivity index (χ2n) is 8.23. The van der Waals surface area contributed by atoms with E-state index < -0.39 is 11.7 Å². The third-order valence-electron chi connectivity index (χ3n) is 5.99. The number of likely N-dealkylation sites (tertiary alicyclic amines) is 1. The van der Waals surface area contributed by atoms with Gasteiger partial charge in [0.1, 0.15) is 5.82 Å². The Morgan fingerprint density at radius 1 is 1.15 bits per heavy atom. The molecule has 3 heterocycles. The molecular weight excluding hydrogens is 467 g/mol. The Bertz CT molecular complexity index is 1140. The van der Waals surface area contributed by atoms with Crippen molar-refractivity contribution in [1.29, 1.82) is 0 Å². The average molecular weight is 490 g/mol. The Balaban J connectivity index is 1.58. The van der Waals surface area contributed by atoms with Crippen LogP contribution in [0.3, 0.4) is 0 Å². The van der Waals surface area contributed by atoms with E-state index in [-0.39, 0.29) is 17.9 Å². The zero-order valence-corrected chi connectivity index (χ0v) is 19.1. The van der Waals surface area contributed by atoms with E-state index in [9.17, 15) is 18.0 Å². The number of carbonyl (C=O) groups is 1. The van der Waals surface area contributed by atoms with E-state index in [0.29, 0.717) is 40.9 Å². The molecule has 1 N–H and O–H groups in total. The summed E-state index contributed by atoms with van der Waals surface area (Å²) in [5.74, 6) is 0.654. The molecule has 1 fully saturated rings. The molecule has 1 aliphatic rings. The molecule has 2 aromatic heterocycles. The van der Waals surface area contributed by atoms with Gasteiger partial charge in [-0.2, -0.15) is 13.2 Å². The second-order valence-corrected chi connectivity index (χ2v) is 8.64. The van der Waals surface area contributed by atoms with E-state index in [0.717, 1.165) is 25.1 Å². The Hall–Kier alpha value is -3.20. The number of benzene rings is 1. The summed E-state index contributed by atoms with van der Waals surface area (Å²) < 4.78 is 38.4. The lowest BCUT2D eigenvalue weighted by Gasteiger charge is -2.40. The molecule has 4 rings (SSSR count). The Morgan fingerprint density at radius 2 is 1.91 bits per heavy atom. The highest BCUT2D eigenvalue weighted by Crippen LogP contribution is 2.32. The minimum Gasteiger partial charge on any atom is -0.368 e. The van der Waals surface area contributed by atoms with Crippen LogP contribution in [-0.2, 0) is 6.18 Å². The first-order valence-corrected chi connectivity index (χ1v) is 11.3. The molecule has 1 aromatic carbocycles. The number of anilines is 1. The molecule has 10 heteroatoms. The normalized spacial score (nSPS) is 18.6. The van der Waals surface area contributed by atoms with Crippen LogP contribution in [0.1, 0.15) is 35.7 Å². The quantitative estimate of drug-likeness (QED) is 0.508. The van der Waals surface area contributed by atoms with Gasteiger partial charge in [0.05, 0.1) is 22.2 Å². The number of halogens is 4. The van der Waals surface area contributed by atoms with Crippen LogP contribution in [0.15, 0.2) is 55.0 Å². The fraction of sp³-hybridized carbons (Fsp3) is 0.333. The van der Waals surface area contributed by atoms with Gasteiger partial charge in [-0.25, -0.2) is 15.0 Å². The van der Waals surface area contributed by atoms with Crippen molar-refractivity contribution >= 4 is 23.3 Å². The summed E-state index contributed by atoms with van der Waals surface area (Å²) in [5.41, 5.74) is 0.0739. The molecule has 0 unspecified atom stereocenters. The molecule has 0 bridgehead atoms. The number of rotatable bonds is 5. The molecule has 34 heavy (non-hydrogen) atoms. The molecule has 0 saturated carbocycles. The number of nitrogens with zero attached hydrogens (tertiary/aromatic N) is 4. The number of nitrogens with one attached hydrogen (secondary N) is 1. The van der Waals surface area contributed by atoms with Gasteiger partial charge in [0, 0.05) is 37.2 Å². The highest BCUT2D eigenvalue weighted by atomic mass is 35.5. The first-order chi connectivity index (χ1) is 16.3. The maximum absolute atomic E-state index is 13.8. The molecule has 1 aliphatic heterocycles. The standard InChI is InChI=1S/C24H23ClF3N5O/c1-15-5-3-12-33(19(15)14-32-20-9-8-16(13-31-20)24(26,27)28)23(34)21-17(6-2-7-18(21)25)22-29-10-4-11-30-22/h2,4,6-11,13,15,19H,3,5,12,14H2,1H3,(H,31,32)/t15-,19-/m1/s1. The van der Waals surface area contributed by atoms with Crippen molar-refractivity contribution in [2.75, 3.05) is 18.4 Å². The zero-order valence-electron chi connectivity index (χ0n) is 18.4. The van der Waals surface area contributed by atoms with Crippen molar-refractivity contribution in [1.82, 2.24) is 19.9 Å². The summed E-state index contributed by atoms with van der Waals surface area (Å²) in [6, 6.07) is 8.94. The van der Waals surface area contributed by atoms with Crippen LogP contribution in [-0.4, -0.2) is 44.9 Å². The number of aromatic nitrogens is 3. The van der Waals surface area contributed by atoms with Gasteiger partial charge in [-0.1, -0.05) is 30.7 Å². The maximum atomic E-state index is 13.8. The number of alkyl halides is 3. The van der Waals surface area contributed by atoms with Crippen LogP contribution >= 0.6 is 11.6 Å². The molecule has 2 atom stereocenters. The number of piperidine rings is 1. The van der Waals surface area contributed by atoms with E-state index in [4.69, 9.17) is 11.6 Å². The summed E-state index contributed by atoms with van der Waals surface area (Å²) >= 11 is 6.48. The van der Waals surface area contributed by atoms with Crippen molar-refractivity contribution in [2.24, 2.45) is 5.92 Å². The van der Waals surface area contributed by atoms with Gasteiger partial charge in [0.15, 0.2) is 5.82 Å². The molecule has 1 amide bonds. The fourth-order valence-electron chi connectivity index (χ4n) is 4.20. The topological polar surface area (TPSA) is 71.0 Å². The van der Waals surface area contributed by atoms with Gasteiger partial charge >= 0.3 is 6.18 Å². The summed E-state index contributed by atoms with van der Waals surface area (Å²) in [6.45, 7) is 2.93. The third-order valence-corrected chi connectivity index (χ3v) is 6.31. The Labute approximate surface area is 200 Å². The molecular formula is C24H23ClF3N5O. The van der Waals surface area contributed by atoms with Crippen molar-refractivity contribution in [3.8, 4) is 11.4 Å². The van der Waals surface area contributed by atoms with Gasteiger partial charge in [-0.15, -0.1) is 0 Å². The first kappa shape index (κ1) is 23.9. The molecule has 178 valence electrons. The maximum Gasteiger partial charge on any atom is 0.417 e. The number of hydrogen-bond acceptors (Lipinski definition) is 5. The predicted octanol–water partition coefficient (Wildman–Crippen LogP) is 5.56. The van der Waals surface area contributed by atoms with Crippen LogP contribution in [0.4, 0.5) is 19.0 Å². The molecule has 1 saturated heterocycles. The van der Waals surface area contributed by atoms with Crippen LogP contribution in [0, 0.1) is 5.92 Å². The van der Waals surface area contributed by atoms with Crippen LogP contribution in [0.5, 0.6) is 0 Å². The largest absolute Gasteiger partial charge is 0.417 e. The van der Waals surface area contributed by atoms with Crippen molar-refractivity contribution < 1.29 is 18.0 Å². The third kappa shape index (κ3) is 5.14. The predicted molar refractivity (Wildman–Crippen MR) is 123 cm³/mol. The highest BCUT2D eigenvalue weighted by molar-refractivity contribution is 6.34. The molecule has 6 nitrogen and oxygen atoms in total. The first-order valence-electron chi connectivity index (χ1n) is 10.9. The molecule has 0 aliphatic carbocycles. The lowest BCUT2D eigenvalue weighted by Crippen LogP contribution is -2.51. The van der Waals surface area contributed by atoms with E-state index in [1.54, 1.807) is 41.6 Å². The van der Waals surface area contributed by atoms with E-state index >= 15 is 0 Å². The number of hydrogen-bond donors (Lipinski definition) is 1. The van der Waals surface area contributed by atoms with Gasteiger partial charge in [-0.05, 0) is 43.0 Å². The van der Waals surface area contributed by atoms with Gasteiger partial charge in [-0.3, -0.25) is 4.79 Å². The summed E-state index contributed by atoms with van der Waals surface area (Å²) in [5, 5.41) is 3.40. The molecule has 0 radical (unpaired) electrons. The number of amides is 1. The smallest absolute Gasteiger partial charge is 0.368 e. The van der Waals surface area contributed by atoms with Crippen molar-refractivity contribution in [2.45, 2.75) is 32.0 Å². The lowest BCUT2D eigenvalue weighted by molar-refractivity contribution is -0.137. The van der Waals surface area contributed by atoms with Gasteiger partial charge in [0.25, 0.3) is 5.91 Å². The van der Waals surface area contributed by atoms with Crippen molar-refractivity contribution in [3.63, 3.8) is 0 Å². The van der Waals surface area contributed by atoms with Crippen molar-refractivity contribution in [3.05, 3.63) is 71.1 Å². The molecule has 0 spiro atoms. The van der Waals surface area contributed by atoms with Crippen LogP contribution in [0.2, 0.25) is 5.02 Å². The molecule has 3 aromatic rings. The van der Waals surface area contributed by atoms with E-state index in [1.807, 2.05) is 0 Å². The van der Waals surface area contributed by atoms with Gasteiger partial charge < -0.3 is 10.2 Å². The van der Waals surface area contributed by atoms with Gasteiger partial charge in [0.2, 0.25) is 0 Å². The SMILES string of the molecule is C[C@@H]1CCCN(C(=O)c2c(Cl)cccc2-c2ncccn2)[C@@H]1CNc1ccc(C(F)(F)F)cn1. The zero-order chi connectivity index (χ0) is 24.3. The minimum absolute atomic E-state index is 0.165.